The Labute approximate surface area is 207 Å². The molecule has 3 aliphatic carbocycles. The third-order valence-corrected chi connectivity index (χ3v) is 10.1. The van der Waals surface area contributed by atoms with Crippen LogP contribution in [0.3, 0.4) is 0 Å². The van der Waals surface area contributed by atoms with E-state index in [-0.39, 0.29) is 17.4 Å². The molecule has 3 fully saturated rings. The van der Waals surface area contributed by atoms with Crippen LogP contribution in [0.4, 0.5) is 0 Å². The summed E-state index contributed by atoms with van der Waals surface area (Å²) in [6.07, 6.45) is 15.2. The molecule has 8 atom stereocenters. The minimum atomic E-state index is -1.01. The molecule has 6 nitrogen and oxygen atoms in total. The lowest BCUT2D eigenvalue weighted by atomic mass is 9.49. The molecule has 2 spiro atoms. The van der Waals surface area contributed by atoms with Gasteiger partial charge in [0.1, 0.15) is 11.5 Å². The normalized spacial score (nSPS) is 46.0. The van der Waals surface area contributed by atoms with Crippen LogP contribution in [0.2, 0.25) is 0 Å². The van der Waals surface area contributed by atoms with Crippen LogP contribution < -0.4 is 0 Å². The van der Waals surface area contributed by atoms with E-state index in [2.05, 4.69) is 42.3 Å². The molecule has 1 aromatic rings. The van der Waals surface area contributed by atoms with Gasteiger partial charge < -0.3 is 19.8 Å². The number of aliphatic hydroxyl groups excluding tert-OH is 2. The van der Waals surface area contributed by atoms with E-state index < -0.39 is 28.8 Å². The first kappa shape index (κ1) is 23.1. The Hall–Kier alpha value is -2.30. The number of aromatic nitrogens is 1. The summed E-state index contributed by atoms with van der Waals surface area (Å²) in [6, 6.07) is 6.50. The summed E-state index contributed by atoms with van der Waals surface area (Å²) in [4.78, 5) is 6.21. The molecule has 6 rings (SSSR count). The van der Waals surface area contributed by atoms with Crippen molar-refractivity contribution in [2.75, 3.05) is 14.1 Å². The number of likely N-dealkylation sites (N-methyl/N-ethyl adjacent to an activating group) is 1. The maximum atomic E-state index is 11.2. The maximum Gasteiger partial charge on any atom is 0.105 e. The number of ether oxygens (including phenoxy) is 1. The van der Waals surface area contributed by atoms with Crippen molar-refractivity contribution < 1.29 is 14.9 Å². The number of hydrogen-bond donors (Lipinski definition) is 2. The van der Waals surface area contributed by atoms with Crippen molar-refractivity contribution in [3.63, 3.8) is 0 Å². The van der Waals surface area contributed by atoms with Crippen molar-refractivity contribution >= 4 is 6.08 Å². The number of aliphatic hydroxyl groups is 2. The van der Waals surface area contributed by atoms with Crippen molar-refractivity contribution in [2.24, 2.45) is 16.7 Å². The molecule has 2 bridgehead atoms. The fourth-order valence-corrected chi connectivity index (χ4v) is 8.19. The second-order valence-corrected chi connectivity index (χ2v) is 11.8. The zero-order valence-corrected chi connectivity index (χ0v) is 20.8. The molecule has 184 valence electrons. The summed E-state index contributed by atoms with van der Waals surface area (Å²) in [7, 11) is 3.89. The van der Waals surface area contributed by atoms with Crippen LogP contribution in [0.25, 0.3) is 6.08 Å². The summed E-state index contributed by atoms with van der Waals surface area (Å²) in [5.41, 5.74) is 1.07. The summed E-state index contributed by atoms with van der Waals surface area (Å²) in [5, 5.41) is 32.7. The third-order valence-electron chi connectivity index (χ3n) is 10.1. The smallest absolute Gasteiger partial charge is 0.105 e. The summed E-state index contributed by atoms with van der Waals surface area (Å²) < 4.78 is 7.21. The molecule has 5 aliphatic rings. The number of fused-ring (bicyclic) bond motifs is 1. The van der Waals surface area contributed by atoms with Gasteiger partial charge in [0.2, 0.25) is 0 Å². The molecule has 1 saturated heterocycles. The molecule has 2 unspecified atom stereocenters. The fraction of sp³-hybridized carbons (Fsp3) is 0.586. The molecule has 1 aromatic heterocycles. The summed E-state index contributed by atoms with van der Waals surface area (Å²) >= 11 is 0. The third kappa shape index (κ3) is 2.93. The Balaban J connectivity index is 1.40. The second kappa shape index (κ2) is 7.60. The van der Waals surface area contributed by atoms with E-state index >= 15 is 0 Å². The van der Waals surface area contributed by atoms with E-state index in [0.717, 1.165) is 36.8 Å². The van der Waals surface area contributed by atoms with Gasteiger partial charge in [-0.3, -0.25) is 4.98 Å². The fourth-order valence-electron chi connectivity index (χ4n) is 8.19. The lowest BCUT2D eigenvalue weighted by Crippen LogP contribution is -2.66. The molecular formula is C29H35N3O3. The van der Waals surface area contributed by atoms with E-state index in [1.165, 1.54) is 5.57 Å². The van der Waals surface area contributed by atoms with Crippen LogP contribution >= 0.6 is 0 Å². The van der Waals surface area contributed by atoms with Crippen molar-refractivity contribution in [1.29, 1.82) is 5.26 Å². The highest BCUT2D eigenvalue weighted by Gasteiger charge is 2.74. The summed E-state index contributed by atoms with van der Waals surface area (Å²) in [5.74, 6) is 0.191. The summed E-state index contributed by atoms with van der Waals surface area (Å²) in [6.45, 7) is 2.34. The number of allylic oxidation sites excluding steroid dienone is 3. The van der Waals surface area contributed by atoms with Gasteiger partial charge in [0.05, 0.1) is 23.4 Å². The Morgan fingerprint density at radius 2 is 2.03 bits per heavy atom. The van der Waals surface area contributed by atoms with Crippen LogP contribution in [0.5, 0.6) is 0 Å². The van der Waals surface area contributed by atoms with Crippen LogP contribution in [0, 0.1) is 28.1 Å². The first-order valence-corrected chi connectivity index (χ1v) is 12.9. The number of nitrogens with zero attached hydrogens (tertiary/aromatic N) is 3. The van der Waals surface area contributed by atoms with Gasteiger partial charge in [-0.2, -0.15) is 5.26 Å². The first-order chi connectivity index (χ1) is 16.7. The van der Waals surface area contributed by atoms with Crippen molar-refractivity contribution in [3.05, 3.63) is 59.5 Å². The van der Waals surface area contributed by atoms with Gasteiger partial charge in [0.25, 0.3) is 0 Å². The van der Waals surface area contributed by atoms with Gasteiger partial charge in [-0.05, 0) is 80.8 Å². The molecule has 0 radical (unpaired) electrons. The van der Waals surface area contributed by atoms with Crippen LogP contribution in [0.15, 0.2) is 53.9 Å². The molecule has 6 heteroatoms. The van der Waals surface area contributed by atoms with Crippen molar-refractivity contribution in [3.8, 4) is 6.07 Å². The van der Waals surface area contributed by atoms with Gasteiger partial charge in [0.15, 0.2) is 0 Å². The molecule has 2 N–H and O–H groups in total. The molecule has 35 heavy (non-hydrogen) atoms. The predicted octanol–water partition coefficient (Wildman–Crippen LogP) is 3.63. The molecular weight excluding hydrogens is 438 g/mol. The Morgan fingerprint density at radius 1 is 1.20 bits per heavy atom. The van der Waals surface area contributed by atoms with E-state index in [9.17, 15) is 15.5 Å². The first-order valence-electron chi connectivity index (χ1n) is 12.9. The number of hydrogen-bond acceptors (Lipinski definition) is 6. The zero-order chi connectivity index (χ0) is 24.6. The Kier molecular flexibility index (Phi) is 5.02. The Bertz CT molecular complexity index is 1170. The predicted molar refractivity (Wildman–Crippen MR) is 133 cm³/mol. The monoisotopic (exact) mass is 473 g/mol. The van der Waals surface area contributed by atoms with E-state index in [0.29, 0.717) is 12.8 Å². The second-order valence-electron chi connectivity index (χ2n) is 11.8. The molecule has 2 saturated carbocycles. The lowest BCUT2D eigenvalue weighted by molar-refractivity contribution is -0.224. The van der Waals surface area contributed by atoms with Gasteiger partial charge in [-0.1, -0.05) is 37.3 Å². The zero-order valence-electron chi connectivity index (χ0n) is 20.8. The highest BCUT2D eigenvalue weighted by molar-refractivity contribution is 5.55. The van der Waals surface area contributed by atoms with Crippen molar-refractivity contribution in [2.45, 2.75) is 74.9 Å². The van der Waals surface area contributed by atoms with E-state index in [1.54, 1.807) is 6.20 Å². The minimum Gasteiger partial charge on any atom is -0.388 e. The quantitative estimate of drug-likeness (QED) is 0.652. The maximum absolute atomic E-state index is 11.2. The Morgan fingerprint density at radius 3 is 2.74 bits per heavy atom. The van der Waals surface area contributed by atoms with Gasteiger partial charge in [-0.15, -0.1) is 0 Å². The van der Waals surface area contributed by atoms with Gasteiger partial charge in [-0.25, -0.2) is 0 Å². The SMILES string of the molecule is CN(C)[C@H]1C[C@@]23CC[C@]4(O2)C2CC=C(/C=C/c5cccnc5)[C@@]2(C)CCC4(C#N)C=C3[C@@H](O)[C@@H]1O. The van der Waals surface area contributed by atoms with E-state index in [1.807, 2.05) is 37.3 Å². The van der Waals surface area contributed by atoms with Crippen LogP contribution in [-0.2, 0) is 4.74 Å². The number of pyridine rings is 1. The molecule has 3 heterocycles. The minimum absolute atomic E-state index is 0.0797. The van der Waals surface area contributed by atoms with E-state index in [4.69, 9.17) is 4.74 Å². The highest BCUT2D eigenvalue weighted by atomic mass is 16.5. The average molecular weight is 474 g/mol. The lowest BCUT2D eigenvalue weighted by Gasteiger charge is -2.61. The molecule has 2 aliphatic heterocycles. The topological polar surface area (TPSA) is 89.6 Å². The number of rotatable bonds is 3. The van der Waals surface area contributed by atoms with Crippen molar-refractivity contribution in [1.82, 2.24) is 9.88 Å². The van der Waals surface area contributed by atoms with Gasteiger partial charge >= 0.3 is 0 Å². The van der Waals surface area contributed by atoms with Crippen LogP contribution in [-0.4, -0.2) is 63.6 Å². The molecule has 0 amide bonds. The largest absolute Gasteiger partial charge is 0.388 e. The molecule has 0 aromatic carbocycles. The highest BCUT2D eigenvalue weighted by Crippen LogP contribution is 2.72. The van der Waals surface area contributed by atoms with Gasteiger partial charge in [0, 0.05) is 24.4 Å². The standard InChI is InChI=1S/C29H35N3O3/c1-26-10-11-27(18-30)15-21-24(33)25(34)22(32(2)3)16-28(21)12-13-29(27,35-28)23(26)9-8-20(26)7-6-19-5-4-14-31-17-19/h4-8,14-15,17,22-25,33-34H,9-13,16H2,1-3H3/b7-6+/t22-,23?,24+,25+,26+,27?,28+,29-/m0/s1. The number of nitriles is 1. The van der Waals surface area contributed by atoms with Crippen LogP contribution in [0.1, 0.15) is 51.0 Å². The average Bonchev–Trinajstić information content (AvgIpc) is 3.37.